The van der Waals surface area contributed by atoms with Crippen LogP contribution in [0, 0.1) is 31.0 Å². The molecule has 0 spiro atoms. The van der Waals surface area contributed by atoms with Crippen molar-refractivity contribution in [2.75, 3.05) is 6.61 Å². The number of hydrogen-bond acceptors (Lipinski definition) is 5. The number of halogens is 1. The number of aromatic nitrogens is 2. The quantitative estimate of drug-likeness (QED) is 0.640. The highest BCUT2D eigenvalue weighted by molar-refractivity contribution is 5.98. The number of benzene rings is 2. The van der Waals surface area contributed by atoms with Gasteiger partial charge in [0.1, 0.15) is 12.4 Å². The lowest BCUT2D eigenvalue weighted by molar-refractivity contribution is -0.136. The number of fused-ring (bicyclic) bond motifs is 1. The normalized spacial score (nSPS) is 18.3. The highest BCUT2D eigenvalue weighted by atomic mass is 19.1. The fraction of sp³-hybridized carbons (Fsp3) is 0.174. The monoisotopic (exact) mass is 400 g/mol. The predicted octanol–water partition coefficient (Wildman–Crippen LogP) is 3.75. The Morgan fingerprint density at radius 3 is 2.83 bits per heavy atom. The van der Waals surface area contributed by atoms with Crippen LogP contribution in [0.15, 0.2) is 53.2 Å². The van der Waals surface area contributed by atoms with Gasteiger partial charge in [-0.3, -0.25) is 5.10 Å². The van der Waals surface area contributed by atoms with Gasteiger partial charge in [-0.15, -0.1) is 0 Å². The van der Waals surface area contributed by atoms with Gasteiger partial charge in [-0.2, -0.15) is 10.4 Å². The third-order valence-corrected chi connectivity index (χ3v) is 5.57. The summed E-state index contributed by atoms with van der Waals surface area (Å²) >= 11 is 0. The molecule has 6 nitrogen and oxygen atoms in total. The number of rotatable bonds is 2. The second-order valence-electron chi connectivity index (χ2n) is 7.57. The van der Waals surface area contributed by atoms with Crippen molar-refractivity contribution in [2.45, 2.75) is 19.8 Å². The first-order valence-corrected chi connectivity index (χ1v) is 9.50. The van der Waals surface area contributed by atoms with Crippen molar-refractivity contribution in [1.82, 2.24) is 15.5 Å². The van der Waals surface area contributed by atoms with Gasteiger partial charge in [0.2, 0.25) is 0 Å². The second kappa shape index (κ2) is 6.56. The Bertz CT molecular complexity index is 1320. The fourth-order valence-corrected chi connectivity index (χ4v) is 4.22. The number of hydrogen-bond donors (Lipinski definition) is 2. The van der Waals surface area contributed by atoms with Gasteiger partial charge in [0.15, 0.2) is 0 Å². The first-order valence-electron chi connectivity index (χ1n) is 9.50. The zero-order valence-electron chi connectivity index (χ0n) is 16.3. The largest absolute Gasteiger partial charge is 0.456 e. The van der Waals surface area contributed by atoms with Crippen molar-refractivity contribution in [1.29, 1.82) is 5.26 Å². The van der Waals surface area contributed by atoms with Crippen LogP contribution in [0.3, 0.4) is 0 Å². The molecule has 2 aliphatic rings. The summed E-state index contributed by atoms with van der Waals surface area (Å²) < 4.78 is 19.4. The molecule has 7 heteroatoms. The predicted molar refractivity (Wildman–Crippen MR) is 108 cm³/mol. The van der Waals surface area contributed by atoms with E-state index in [2.05, 4.69) is 21.6 Å². The van der Waals surface area contributed by atoms with Gasteiger partial charge in [0.25, 0.3) is 0 Å². The Morgan fingerprint density at radius 1 is 1.23 bits per heavy atom. The van der Waals surface area contributed by atoms with Crippen molar-refractivity contribution in [2.24, 2.45) is 0 Å². The van der Waals surface area contributed by atoms with Crippen LogP contribution < -0.4 is 5.32 Å². The first kappa shape index (κ1) is 18.1. The van der Waals surface area contributed by atoms with Crippen LogP contribution in [-0.4, -0.2) is 22.8 Å². The van der Waals surface area contributed by atoms with Gasteiger partial charge in [0, 0.05) is 16.6 Å². The summed E-state index contributed by atoms with van der Waals surface area (Å²) in [5.41, 5.74) is 5.63. The molecule has 3 heterocycles. The molecule has 5 rings (SSSR count). The number of dihydropyridines is 1. The van der Waals surface area contributed by atoms with E-state index in [1.165, 1.54) is 12.1 Å². The minimum absolute atomic E-state index is 0.0914. The molecule has 2 aromatic carbocycles. The number of nitriles is 1. The Hall–Kier alpha value is -3.92. The number of carbonyl (C=O) groups excluding carboxylic acids is 1. The fourth-order valence-electron chi connectivity index (χ4n) is 4.22. The molecule has 148 valence electrons. The summed E-state index contributed by atoms with van der Waals surface area (Å²) in [5, 5.41) is 21.4. The van der Waals surface area contributed by atoms with Crippen LogP contribution in [0.2, 0.25) is 0 Å². The molecule has 0 saturated carbocycles. The van der Waals surface area contributed by atoms with E-state index in [1.807, 2.05) is 31.2 Å². The van der Waals surface area contributed by atoms with Crippen LogP contribution in [0.5, 0.6) is 0 Å². The second-order valence-corrected chi connectivity index (χ2v) is 7.57. The maximum Gasteiger partial charge on any atom is 0.337 e. The molecule has 0 fully saturated rings. The third kappa shape index (κ3) is 2.69. The minimum Gasteiger partial charge on any atom is -0.456 e. The molecule has 0 radical (unpaired) electrons. The molecule has 1 atom stereocenters. The topological polar surface area (TPSA) is 90.8 Å². The van der Waals surface area contributed by atoms with Crippen molar-refractivity contribution in [3.05, 3.63) is 81.4 Å². The number of aromatic amines is 1. The summed E-state index contributed by atoms with van der Waals surface area (Å²) in [7, 11) is 0. The summed E-state index contributed by atoms with van der Waals surface area (Å²) in [4.78, 5) is 12.6. The van der Waals surface area contributed by atoms with Crippen molar-refractivity contribution in [3.8, 4) is 6.07 Å². The van der Waals surface area contributed by atoms with Gasteiger partial charge in [-0.05, 0) is 55.3 Å². The average Bonchev–Trinajstić information content (AvgIpc) is 3.28. The number of ether oxygens (including phenoxy) is 1. The van der Waals surface area contributed by atoms with Crippen LogP contribution >= 0.6 is 0 Å². The minimum atomic E-state index is -0.612. The Kier molecular flexibility index (Phi) is 3.97. The number of allylic oxidation sites excluding steroid dienone is 1. The van der Waals surface area contributed by atoms with Gasteiger partial charge in [-0.1, -0.05) is 6.07 Å². The number of nitrogens with one attached hydrogen (secondary N) is 2. The molecule has 0 saturated heterocycles. The molecular formula is C23H17FN4O2. The highest BCUT2D eigenvalue weighted by Crippen LogP contribution is 2.43. The van der Waals surface area contributed by atoms with E-state index in [1.54, 1.807) is 6.92 Å². The lowest BCUT2D eigenvalue weighted by Gasteiger charge is -2.27. The molecule has 2 aliphatic heterocycles. The summed E-state index contributed by atoms with van der Waals surface area (Å²) in [6.45, 7) is 3.80. The van der Waals surface area contributed by atoms with Gasteiger partial charge < -0.3 is 10.1 Å². The molecule has 1 unspecified atom stereocenters. The number of esters is 1. The van der Waals surface area contributed by atoms with Crippen molar-refractivity contribution < 1.29 is 13.9 Å². The summed E-state index contributed by atoms with van der Waals surface area (Å²) in [6.07, 6.45) is 0. The molecule has 1 aromatic heterocycles. The number of aryl methyl sites for hydroxylation is 2. The van der Waals surface area contributed by atoms with Crippen molar-refractivity contribution in [3.63, 3.8) is 0 Å². The van der Waals surface area contributed by atoms with Crippen molar-refractivity contribution >= 4 is 22.6 Å². The van der Waals surface area contributed by atoms with E-state index >= 15 is 0 Å². The third-order valence-electron chi connectivity index (χ3n) is 5.57. The maximum absolute atomic E-state index is 14.1. The van der Waals surface area contributed by atoms with Crippen LogP contribution in [0.4, 0.5) is 4.39 Å². The summed E-state index contributed by atoms with van der Waals surface area (Å²) in [6, 6.07) is 12.5. The van der Waals surface area contributed by atoms with E-state index in [4.69, 9.17) is 4.74 Å². The molecule has 0 aliphatic carbocycles. The van der Waals surface area contributed by atoms with E-state index in [0.29, 0.717) is 28.1 Å². The summed E-state index contributed by atoms with van der Waals surface area (Å²) in [5.74, 6) is -1.45. The zero-order chi connectivity index (χ0) is 21.0. The van der Waals surface area contributed by atoms with E-state index in [-0.39, 0.29) is 12.4 Å². The van der Waals surface area contributed by atoms with E-state index in [9.17, 15) is 14.4 Å². The van der Waals surface area contributed by atoms with E-state index in [0.717, 1.165) is 27.7 Å². The molecule has 30 heavy (non-hydrogen) atoms. The smallest absolute Gasteiger partial charge is 0.337 e. The molecule has 3 aromatic rings. The Morgan fingerprint density at radius 2 is 2.07 bits per heavy atom. The molecule has 2 N–H and O–H groups in total. The Labute approximate surface area is 171 Å². The number of nitrogens with zero attached hydrogens (tertiary/aromatic N) is 2. The van der Waals surface area contributed by atoms with Crippen LogP contribution in [0.1, 0.15) is 28.3 Å². The molecular weight excluding hydrogens is 383 g/mol. The van der Waals surface area contributed by atoms with E-state index < -0.39 is 11.9 Å². The number of H-pyrrole nitrogens is 1. The first-order chi connectivity index (χ1) is 14.5. The maximum atomic E-state index is 14.1. The zero-order valence-corrected chi connectivity index (χ0v) is 16.3. The van der Waals surface area contributed by atoms with Gasteiger partial charge in [0.05, 0.1) is 40.0 Å². The van der Waals surface area contributed by atoms with Gasteiger partial charge in [-0.25, -0.2) is 9.18 Å². The lowest BCUT2D eigenvalue weighted by atomic mass is 9.80. The van der Waals surface area contributed by atoms with Crippen LogP contribution in [-0.2, 0) is 9.53 Å². The standard InChI is InChI=1S/C23H17FN4O2/c1-11-5-14(7-15(24)6-11)22-17(9-25)20(21-19(26-22)10-30-23(21)29)13-3-4-18-16(8-13)12(2)27-28-18/h3-8,20,26H,10H2,1-2H3,(H,27,28). The number of cyclic esters (lactones) is 1. The lowest BCUT2D eigenvalue weighted by Crippen LogP contribution is -2.26. The average molecular weight is 400 g/mol. The van der Waals surface area contributed by atoms with Crippen LogP contribution in [0.25, 0.3) is 16.6 Å². The SMILES string of the molecule is Cc1cc(F)cc(C2=C(C#N)C(c3ccc4n[nH]c(C)c4c3)C3=C(COC3=O)N2)c1. The molecule has 0 bridgehead atoms. The molecule has 0 amide bonds. The Balaban J connectivity index is 1.76. The highest BCUT2D eigenvalue weighted by Gasteiger charge is 2.40. The number of carbonyl (C=O) groups is 1. The van der Waals surface area contributed by atoms with Gasteiger partial charge >= 0.3 is 5.97 Å².